The maximum atomic E-state index is 12.0. The molecular formula is C17H18N4OS. The van der Waals surface area contributed by atoms with E-state index in [1.807, 2.05) is 48.8 Å². The number of carbonyl (C=O) groups is 1. The predicted octanol–water partition coefficient (Wildman–Crippen LogP) is 2.54. The van der Waals surface area contributed by atoms with E-state index in [9.17, 15) is 4.79 Å². The van der Waals surface area contributed by atoms with E-state index in [4.69, 9.17) is 0 Å². The van der Waals surface area contributed by atoms with Crippen molar-refractivity contribution in [3.05, 3.63) is 64.9 Å². The number of carbonyl (C=O) groups excluding carboxylic acids is 1. The van der Waals surface area contributed by atoms with Gasteiger partial charge < -0.3 is 5.32 Å². The van der Waals surface area contributed by atoms with Crippen LogP contribution < -0.4 is 5.32 Å². The number of nitrogens with zero attached hydrogens (tertiary/aromatic N) is 3. The average Bonchev–Trinajstić information content (AvgIpc) is 3.18. The normalized spacial score (nSPS) is 10.7. The SMILES string of the molecule is Cc1cccc(CC(=O)NCCc2csc(-n3cccn3)n2)c1. The van der Waals surface area contributed by atoms with Crippen LogP contribution in [0.4, 0.5) is 0 Å². The largest absolute Gasteiger partial charge is 0.355 e. The third-order valence-electron chi connectivity index (χ3n) is 3.39. The first-order valence-electron chi connectivity index (χ1n) is 7.47. The van der Waals surface area contributed by atoms with E-state index in [1.54, 1.807) is 22.2 Å². The van der Waals surface area contributed by atoms with E-state index in [-0.39, 0.29) is 5.91 Å². The van der Waals surface area contributed by atoms with Gasteiger partial charge in [0.25, 0.3) is 0 Å². The Morgan fingerprint density at radius 1 is 1.35 bits per heavy atom. The molecule has 0 radical (unpaired) electrons. The third kappa shape index (κ3) is 4.26. The molecule has 6 heteroatoms. The Hall–Kier alpha value is -2.47. The van der Waals surface area contributed by atoms with Crippen molar-refractivity contribution in [1.82, 2.24) is 20.1 Å². The van der Waals surface area contributed by atoms with Gasteiger partial charge in [-0.2, -0.15) is 5.10 Å². The molecule has 2 heterocycles. The van der Waals surface area contributed by atoms with Crippen molar-refractivity contribution in [3.8, 4) is 5.13 Å². The lowest BCUT2D eigenvalue weighted by molar-refractivity contribution is -0.120. The minimum Gasteiger partial charge on any atom is -0.355 e. The monoisotopic (exact) mass is 326 g/mol. The summed E-state index contributed by atoms with van der Waals surface area (Å²) in [6, 6.07) is 9.89. The molecule has 0 saturated carbocycles. The number of aromatic nitrogens is 3. The molecule has 1 N–H and O–H groups in total. The van der Waals surface area contributed by atoms with Gasteiger partial charge in [-0.05, 0) is 18.6 Å². The molecular weight excluding hydrogens is 308 g/mol. The van der Waals surface area contributed by atoms with Crippen LogP contribution in [0, 0.1) is 6.92 Å². The predicted molar refractivity (Wildman–Crippen MR) is 90.8 cm³/mol. The van der Waals surface area contributed by atoms with Crippen LogP contribution in [0.25, 0.3) is 5.13 Å². The number of rotatable bonds is 6. The summed E-state index contributed by atoms with van der Waals surface area (Å²) in [7, 11) is 0. The molecule has 0 aliphatic heterocycles. The number of amides is 1. The summed E-state index contributed by atoms with van der Waals surface area (Å²) in [6.45, 7) is 2.62. The average molecular weight is 326 g/mol. The Morgan fingerprint density at radius 2 is 2.26 bits per heavy atom. The summed E-state index contributed by atoms with van der Waals surface area (Å²) in [4.78, 5) is 16.5. The number of hydrogen-bond donors (Lipinski definition) is 1. The van der Waals surface area contributed by atoms with E-state index in [0.29, 0.717) is 13.0 Å². The highest BCUT2D eigenvalue weighted by molar-refractivity contribution is 7.12. The smallest absolute Gasteiger partial charge is 0.224 e. The highest BCUT2D eigenvalue weighted by Crippen LogP contribution is 2.13. The molecule has 1 amide bonds. The van der Waals surface area contributed by atoms with E-state index in [2.05, 4.69) is 15.4 Å². The second-order valence-corrected chi connectivity index (χ2v) is 6.17. The minimum atomic E-state index is 0.0399. The number of aryl methyl sites for hydroxylation is 1. The Kier molecular flexibility index (Phi) is 4.83. The second-order valence-electron chi connectivity index (χ2n) is 5.34. The van der Waals surface area contributed by atoms with Crippen molar-refractivity contribution < 1.29 is 4.79 Å². The van der Waals surface area contributed by atoms with Crippen molar-refractivity contribution in [2.75, 3.05) is 6.54 Å². The topological polar surface area (TPSA) is 59.8 Å². The zero-order valence-corrected chi connectivity index (χ0v) is 13.7. The fraction of sp³-hybridized carbons (Fsp3) is 0.235. The summed E-state index contributed by atoms with van der Waals surface area (Å²) in [6.07, 6.45) is 4.73. The van der Waals surface area contributed by atoms with Gasteiger partial charge in [0, 0.05) is 30.7 Å². The minimum absolute atomic E-state index is 0.0399. The summed E-state index contributed by atoms with van der Waals surface area (Å²) in [5.41, 5.74) is 3.18. The fourth-order valence-electron chi connectivity index (χ4n) is 2.30. The van der Waals surface area contributed by atoms with Crippen LogP contribution in [0.3, 0.4) is 0 Å². The Balaban J connectivity index is 1.47. The molecule has 0 aliphatic carbocycles. The molecule has 2 aromatic heterocycles. The fourth-order valence-corrected chi connectivity index (χ4v) is 3.10. The molecule has 1 aromatic carbocycles. The van der Waals surface area contributed by atoms with Crippen molar-refractivity contribution in [2.45, 2.75) is 19.8 Å². The van der Waals surface area contributed by atoms with Crippen LogP contribution in [0.2, 0.25) is 0 Å². The summed E-state index contributed by atoms with van der Waals surface area (Å²) in [5.74, 6) is 0.0399. The lowest BCUT2D eigenvalue weighted by Gasteiger charge is -2.05. The maximum absolute atomic E-state index is 12.0. The van der Waals surface area contributed by atoms with Gasteiger partial charge in [0.05, 0.1) is 12.1 Å². The van der Waals surface area contributed by atoms with E-state index < -0.39 is 0 Å². The van der Waals surface area contributed by atoms with Crippen LogP contribution in [-0.2, 0) is 17.6 Å². The van der Waals surface area contributed by atoms with Gasteiger partial charge in [0.15, 0.2) is 0 Å². The molecule has 0 unspecified atom stereocenters. The second kappa shape index (κ2) is 7.19. The van der Waals surface area contributed by atoms with E-state index >= 15 is 0 Å². The first-order valence-corrected chi connectivity index (χ1v) is 8.35. The number of nitrogens with one attached hydrogen (secondary N) is 1. The molecule has 0 bridgehead atoms. The summed E-state index contributed by atoms with van der Waals surface area (Å²) in [5, 5.41) is 9.95. The standard InChI is InChI=1S/C17H18N4OS/c1-13-4-2-5-14(10-13)11-16(22)18-8-6-15-12-23-17(20-15)21-9-3-7-19-21/h2-5,7,9-10,12H,6,8,11H2,1H3,(H,18,22). The number of thiazole rings is 1. The summed E-state index contributed by atoms with van der Waals surface area (Å²) < 4.78 is 1.74. The van der Waals surface area contributed by atoms with E-state index in [0.717, 1.165) is 22.8 Å². The van der Waals surface area contributed by atoms with Crippen molar-refractivity contribution in [1.29, 1.82) is 0 Å². The number of hydrogen-bond acceptors (Lipinski definition) is 4. The van der Waals surface area contributed by atoms with Gasteiger partial charge in [-0.1, -0.05) is 29.8 Å². The molecule has 3 rings (SSSR count). The molecule has 5 nitrogen and oxygen atoms in total. The van der Waals surface area contributed by atoms with Crippen LogP contribution in [0.15, 0.2) is 48.1 Å². The maximum Gasteiger partial charge on any atom is 0.224 e. The van der Waals surface area contributed by atoms with E-state index in [1.165, 1.54) is 5.56 Å². The Morgan fingerprint density at radius 3 is 3.04 bits per heavy atom. The van der Waals surface area contributed by atoms with Gasteiger partial charge in [0.2, 0.25) is 11.0 Å². The number of benzene rings is 1. The van der Waals surface area contributed by atoms with Gasteiger partial charge in [-0.15, -0.1) is 11.3 Å². The Bertz CT molecular complexity index is 780. The van der Waals surface area contributed by atoms with Crippen LogP contribution in [-0.4, -0.2) is 27.2 Å². The first kappa shape index (κ1) is 15.4. The van der Waals surface area contributed by atoms with Crippen LogP contribution in [0.5, 0.6) is 0 Å². The Labute approximate surface area is 139 Å². The molecule has 0 fully saturated rings. The third-order valence-corrected chi connectivity index (χ3v) is 4.27. The molecule has 3 aromatic rings. The zero-order chi connectivity index (χ0) is 16.1. The quantitative estimate of drug-likeness (QED) is 0.757. The van der Waals surface area contributed by atoms with Crippen LogP contribution >= 0.6 is 11.3 Å². The molecule has 0 spiro atoms. The lowest BCUT2D eigenvalue weighted by Crippen LogP contribution is -2.27. The highest BCUT2D eigenvalue weighted by Gasteiger charge is 2.06. The van der Waals surface area contributed by atoms with Gasteiger partial charge in [-0.25, -0.2) is 9.67 Å². The molecule has 118 valence electrons. The van der Waals surface area contributed by atoms with Gasteiger partial charge >= 0.3 is 0 Å². The molecule has 0 aliphatic rings. The van der Waals surface area contributed by atoms with Gasteiger partial charge in [-0.3, -0.25) is 4.79 Å². The molecule has 23 heavy (non-hydrogen) atoms. The lowest BCUT2D eigenvalue weighted by atomic mass is 10.1. The molecule has 0 atom stereocenters. The highest BCUT2D eigenvalue weighted by atomic mass is 32.1. The van der Waals surface area contributed by atoms with Crippen LogP contribution in [0.1, 0.15) is 16.8 Å². The first-order chi connectivity index (χ1) is 11.2. The molecule has 0 saturated heterocycles. The van der Waals surface area contributed by atoms with Crippen molar-refractivity contribution in [2.24, 2.45) is 0 Å². The van der Waals surface area contributed by atoms with Gasteiger partial charge in [0.1, 0.15) is 0 Å². The summed E-state index contributed by atoms with van der Waals surface area (Å²) >= 11 is 1.55. The van der Waals surface area contributed by atoms with Crippen molar-refractivity contribution in [3.63, 3.8) is 0 Å². The zero-order valence-electron chi connectivity index (χ0n) is 12.9. The van der Waals surface area contributed by atoms with Crippen molar-refractivity contribution >= 4 is 17.2 Å².